The lowest BCUT2D eigenvalue weighted by Gasteiger charge is -2.10. The summed E-state index contributed by atoms with van der Waals surface area (Å²) in [5, 5.41) is 20.0. The lowest BCUT2D eigenvalue weighted by molar-refractivity contribution is -0.140. The van der Waals surface area contributed by atoms with Crippen LogP contribution in [0.25, 0.3) is 0 Å². The number of hydrogen-bond acceptors (Lipinski definition) is 3. The fraction of sp³-hybridized carbons (Fsp3) is 0.727. The van der Waals surface area contributed by atoms with E-state index in [4.69, 9.17) is 10.4 Å². The largest absolute Gasteiger partial charge is 0.481 e. The molecule has 1 aliphatic carbocycles. The van der Waals surface area contributed by atoms with Crippen molar-refractivity contribution in [2.45, 2.75) is 33.2 Å². The Bertz CT molecular complexity index is 357. The third-order valence-corrected chi connectivity index (χ3v) is 3.16. The van der Waals surface area contributed by atoms with Crippen molar-refractivity contribution >= 4 is 11.9 Å². The second-order valence-electron chi connectivity index (χ2n) is 4.89. The quantitative estimate of drug-likeness (QED) is 0.737. The van der Waals surface area contributed by atoms with Crippen LogP contribution in [0.15, 0.2) is 0 Å². The third-order valence-electron chi connectivity index (χ3n) is 3.16. The van der Waals surface area contributed by atoms with Crippen LogP contribution >= 0.6 is 0 Å². The van der Waals surface area contributed by atoms with Crippen molar-refractivity contribution < 1.29 is 14.7 Å². The van der Waals surface area contributed by atoms with E-state index in [0.717, 1.165) is 0 Å². The van der Waals surface area contributed by atoms with E-state index < -0.39 is 23.2 Å². The van der Waals surface area contributed by atoms with Crippen LogP contribution in [0.1, 0.15) is 27.2 Å². The fourth-order valence-corrected chi connectivity index (χ4v) is 2.11. The smallest absolute Gasteiger partial charge is 0.307 e. The highest BCUT2D eigenvalue weighted by Gasteiger charge is 2.65. The molecule has 1 saturated carbocycles. The summed E-state index contributed by atoms with van der Waals surface area (Å²) in [6, 6.07) is 1.72. The van der Waals surface area contributed by atoms with Gasteiger partial charge in [-0.15, -0.1) is 0 Å². The molecule has 0 bridgehead atoms. The fourth-order valence-electron chi connectivity index (χ4n) is 2.11. The monoisotopic (exact) mass is 224 g/mol. The predicted molar refractivity (Wildman–Crippen MR) is 56.2 cm³/mol. The number of carboxylic acid groups (broad SMARTS) is 1. The Morgan fingerprint density at radius 2 is 2.06 bits per heavy atom. The molecule has 16 heavy (non-hydrogen) atoms. The summed E-state index contributed by atoms with van der Waals surface area (Å²) in [5.41, 5.74) is -0.484. The molecule has 0 aliphatic heterocycles. The first-order valence-corrected chi connectivity index (χ1v) is 5.22. The Hall–Kier alpha value is -1.57. The van der Waals surface area contributed by atoms with Crippen LogP contribution in [-0.4, -0.2) is 23.0 Å². The molecule has 1 rings (SSSR count). The van der Waals surface area contributed by atoms with Crippen LogP contribution in [0.2, 0.25) is 0 Å². The van der Waals surface area contributed by atoms with Gasteiger partial charge in [-0.25, -0.2) is 0 Å². The van der Waals surface area contributed by atoms with Crippen molar-refractivity contribution in [1.29, 1.82) is 5.26 Å². The average Bonchev–Trinajstić information content (AvgIpc) is 2.69. The van der Waals surface area contributed by atoms with E-state index in [9.17, 15) is 9.59 Å². The van der Waals surface area contributed by atoms with Gasteiger partial charge in [0, 0.05) is 6.04 Å². The van der Waals surface area contributed by atoms with Gasteiger partial charge in [0.15, 0.2) is 0 Å². The Kier molecular flexibility index (Phi) is 3.22. The molecule has 1 aliphatic rings. The van der Waals surface area contributed by atoms with Gasteiger partial charge in [-0.3, -0.25) is 9.59 Å². The van der Waals surface area contributed by atoms with Crippen LogP contribution in [0, 0.1) is 28.6 Å². The summed E-state index contributed by atoms with van der Waals surface area (Å²) in [4.78, 5) is 22.6. The normalized spacial score (nSPS) is 27.6. The number of rotatable bonds is 4. The number of nitriles is 1. The number of nitrogens with zero attached hydrogens (tertiary/aromatic N) is 1. The Morgan fingerprint density at radius 1 is 1.50 bits per heavy atom. The number of aliphatic carboxylic acids is 1. The molecule has 0 spiro atoms. The minimum atomic E-state index is -0.932. The van der Waals surface area contributed by atoms with Crippen molar-refractivity contribution in [3.05, 3.63) is 0 Å². The van der Waals surface area contributed by atoms with Crippen LogP contribution in [0.3, 0.4) is 0 Å². The SMILES string of the molecule is CC(CC#N)NC(=O)[C@H]1[C@@H](C(=O)O)C1(C)C. The van der Waals surface area contributed by atoms with Crippen LogP contribution in [0.5, 0.6) is 0 Å². The van der Waals surface area contributed by atoms with E-state index in [-0.39, 0.29) is 18.4 Å². The van der Waals surface area contributed by atoms with E-state index in [0.29, 0.717) is 0 Å². The number of carbonyl (C=O) groups excluding carboxylic acids is 1. The molecular formula is C11H16N2O3. The maximum absolute atomic E-state index is 11.7. The van der Waals surface area contributed by atoms with Crippen molar-refractivity contribution in [2.24, 2.45) is 17.3 Å². The van der Waals surface area contributed by atoms with Crippen molar-refractivity contribution in [2.75, 3.05) is 0 Å². The average molecular weight is 224 g/mol. The van der Waals surface area contributed by atoms with Gasteiger partial charge in [0.25, 0.3) is 0 Å². The molecule has 0 aromatic heterocycles. The van der Waals surface area contributed by atoms with Crippen molar-refractivity contribution in [1.82, 2.24) is 5.32 Å². The van der Waals surface area contributed by atoms with E-state index >= 15 is 0 Å². The molecule has 0 radical (unpaired) electrons. The van der Waals surface area contributed by atoms with Gasteiger partial charge in [-0.2, -0.15) is 5.26 Å². The number of nitrogens with one attached hydrogen (secondary N) is 1. The molecule has 1 amide bonds. The minimum absolute atomic E-state index is 0.233. The van der Waals surface area contributed by atoms with Gasteiger partial charge in [-0.1, -0.05) is 13.8 Å². The van der Waals surface area contributed by atoms with E-state index in [2.05, 4.69) is 5.32 Å². The molecule has 1 unspecified atom stereocenters. The molecule has 1 fully saturated rings. The van der Waals surface area contributed by atoms with E-state index in [1.165, 1.54) is 0 Å². The second-order valence-corrected chi connectivity index (χ2v) is 4.89. The third kappa shape index (κ3) is 2.16. The van der Waals surface area contributed by atoms with E-state index in [1.54, 1.807) is 20.8 Å². The highest BCUT2D eigenvalue weighted by atomic mass is 16.4. The Labute approximate surface area is 94.4 Å². The van der Waals surface area contributed by atoms with Gasteiger partial charge >= 0.3 is 5.97 Å². The van der Waals surface area contributed by atoms with Crippen LogP contribution < -0.4 is 5.32 Å². The standard InChI is InChI=1S/C11H16N2O3/c1-6(4-5-12)13-9(14)7-8(10(15)16)11(7,2)3/h6-8H,4H2,1-3H3,(H,13,14)(H,15,16)/t6?,7-,8+/m1/s1. The van der Waals surface area contributed by atoms with Gasteiger partial charge < -0.3 is 10.4 Å². The molecular weight excluding hydrogens is 208 g/mol. The lowest BCUT2D eigenvalue weighted by Crippen LogP contribution is -2.34. The number of carbonyl (C=O) groups is 2. The minimum Gasteiger partial charge on any atom is -0.481 e. The molecule has 0 aromatic rings. The number of hydrogen-bond donors (Lipinski definition) is 2. The molecule has 0 aromatic carbocycles. The maximum Gasteiger partial charge on any atom is 0.307 e. The molecule has 2 N–H and O–H groups in total. The highest BCUT2D eigenvalue weighted by molar-refractivity contribution is 5.91. The van der Waals surface area contributed by atoms with E-state index in [1.807, 2.05) is 6.07 Å². The summed E-state index contributed by atoms with van der Waals surface area (Å²) in [5.74, 6) is -2.29. The van der Waals surface area contributed by atoms with Gasteiger partial charge in [0.2, 0.25) is 5.91 Å². The number of amides is 1. The molecule has 0 heterocycles. The second kappa shape index (κ2) is 4.12. The summed E-state index contributed by atoms with van der Waals surface area (Å²) >= 11 is 0. The van der Waals surface area contributed by atoms with Crippen LogP contribution in [-0.2, 0) is 9.59 Å². The first-order chi connectivity index (χ1) is 7.32. The zero-order valence-corrected chi connectivity index (χ0v) is 9.65. The summed E-state index contributed by atoms with van der Waals surface area (Å²) < 4.78 is 0. The van der Waals surface area contributed by atoms with Gasteiger partial charge in [0.05, 0.1) is 24.3 Å². The van der Waals surface area contributed by atoms with Gasteiger partial charge in [0.1, 0.15) is 0 Å². The summed E-state index contributed by atoms with van der Waals surface area (Å²) in [6.07, 6.45) is 0.233. The Balaban J connectivity index is 2.58. The number of carboxylic acids is 1. The molecule has 0 saturated heterocycles. The first kappa shape index (κ1) is 12.5. The topological polar surface area (TPSA) is 90.2 Å². The summed E-state index contributed by atoms with van der Waals surface area (Å²) in [7, 11) is 0. The van der Waals surface area contributed by atoms with Crippen molar-refractivity contribution in [3.8, 4) is 6.07 Å². The van der Waals surface area contributed by atoms with Crippen LogP contribution in [0.4, 0.5) is 0 Å². The molecule has 5 nitrogen and oxygen atoms in total. The Morgan fingerprint density at radius 3 is 2.44 bits per heavy atom. The zero-order chi connectivity index (χ0) is 12.5. The zero-order valence-electron chi connectivity index (χ0n) is 9.65. The molecule has 5 heteroatoms. The van der Waals surface area contributed by atoms with Gasteiger partial charge in [-0.05, 0) is 12.3 Å². The first-order valence-electron chi connectivity index (χ1n) is 5.22. The van der Waals surface area contributed by atoms with Crippen molar-refractivity contribution in [3.63, 3.8) is 0 Å². The summed E-state index contributed by atoms with van der Waals surface area (Å²) in [6.45, 7) is 5.27. The molecule has 3 atom stereocenters. The molecule has 88 valence electrons. The predicted octanol–water partition coefficient (Wildman–Crippen LogP) is 0.762. The highest BCUT2D eigenvalue weighted by Crippen LogP contribution is 2.58. The maximum atomic E-state index is 11.7. The lowest BCUT2D eigenvalue weighted by atomic mass is 10.1.